The van der Waals surface area contributed by atoms with Crippen LogP contribution in [-0.4, -0.2) is 24.5 Å². The van der Waals surface area contributed by atoms with Crippen LogP contribution >= 0.6 is 0 Å². The molecule has 1 aliphatic rings. The number of hydrogen-bond donors (Lipinski definition) is 1. The van der Waals surface area contributed by atoms with Gasteiger partial charge in [-0.3, -0.25) is 9.59 Å². The summed E-state index contributed by atoms with van der Waals surface area (Å²) in [5, 5.41) is 3.14. The van der Waals surface area contributed by atoms with Gasteiger partial charge in [0.2, 0.25) is 5.91 Å². The predicted octanol–water partition coefficient (Wildman–Crippen LogP) is 3.14. The van der Waals surface area contributed by atoms with Gasteiger partial charge in [0.25, 0.3) is 5.91 Å². The Labute approximate surface area is 141 Å². The van der Waals surface area contributed by atoms with E-state index in [-0.39, 0.29) is 18.2 Å². The second-order valence-corrected chi connectivity index (χ2v) is 5.76. The molecule has 1 unspecified atom stereocenters. The smallest absolute Gasteiger partial charge is 0.256 e. The van der Waals surface area contributed by atoms with Crippen molar-refractivity contribution in [3.05, 3.63) is 54.1 Å². The summed E-state index contributed by atoms with van der Waals surface area (Å²) in [6.45, 7) is 4.47. The average molecular weight is 324 g/mol. The molecule has 24 heavy (non-hydrogen) atoms. The summed E-state index contributed by atoms with van der Waals surface area (Å²) in [5.41, 5.74) is 2.42. The molecule has 1 fully saturated rings. The van der Waals surface area contributed by atoms with E-state index in [1.807, 2.05) is 56.3 Å². The van der Waals surface area contributed by atoms with Crippen LogP contribution < -0.4 is 15.0 Å². The van der Waals surface area contributed by atoms with Crippen LogP contribution in [0.2, 0.25) is 0 Å². The summed E-state index contributed by atoms with van der Waals surface area (Å²) in [7, 11) is 0. The third-order valence-electron chi connectivity index (χ3n) is 3.91. The first-order valence-electron chi connectivity index (χ1n) is 8.01. The molecule has 5 heteroatoms. The van der Waals surface area contributed by atoms with Gasteiger partial charge in [0.15, 0.2) is 0 Å². The lowest BCUT2D eigenvalue weighted by Crippen LogP contribution is -2.34. The largest absolute Gasteiger partial charge is 0.494 e. The van der Waals surface area contributed by atoms with Crippen molar-refractivity contribution in [3.8, 4) is 5.75 Å². The Balaban J connectivity index is 1.74. The first-order valence-corrected chi connectivity index (χ1v) is 8.01. The van der Waals surface area contributed by atoms with Gasteiger partial charge in [-0.15, -0.1) is 0 Å². The first kappa shape index (κ1) is 16.1. The number of imide groups is 1. The minimum Gasteiger partial charge on any atom is -0.494 e. The topological polar surface area (TPSA) is 58.6 Å². The summed E-state index contributed by atoms with van der Waals surface area (Å²) in [5.74, 6) is 0.367. The van der Waals surface area contributed by atoms with Gasteiger partial charge < -0.3 is 10.1 Å². The molecule has 2 aromatic rings. The van der Waals surface area contributed by atoms with E-state index < -0.39 is 6.04 Å². The van der Waals surface area contributed by atoms with Crippen molar-refractivity contribution >= 4 is 23.2 Å². The van der Waals surface area contributed by atoms with E-state index in [4.69, 9.17) is 4.74 Å². The zero-order chi connectivity index (χ0) is 17.1. The summed E-state index contributed by atoms with van der Waals surface area (Å²) in [4.78, 5) is 26.2. The van der Waals surface area contributed by atoms with Crippen molar-refractivity contribution in [2.75, 3.05) is 16.8 Å². The van der Waals surface area contributed by atoms with E-state index in [2.05, 4.69) is 5.32 Å². The van der Waals surface area contributed by atoms with Crippen molar-refractivity contribution < 1.29 is 14.3 Å². The van der Waals surface area contributed by atoms with Crippen molar-refractivity contribution in [2.24, 2.45) is 0 Å². The van der Waals surface area contributed by atoms with Gasteiger partial charge in [-0.05, 0) is 55.8 Å². The maximum atomic E-state index is 12.6. The van der Waals surface area contributed by atoms with Crippen molar-refractivity contribution in [3.63, 3.8) is 0 Å². The van der Waals surface area contributed by atoms with Crippen LogP contribution in [0.4, 0.5) is 11.4 Å². The maximum absolute atomic E-state index is 12.6. The number of carbonyl (C=O) groups is 2. The molecule has 1 N–H and O–H groups in total. The van der Waals surface area contributed by atoms with Gasteiger partial charge in [0.1, 0.15) is 11.8 Å². The van der Waals surface area contributed by atoms with Crippen LogP contribution in [-0.2, 0) is 9.59 Å². The molecule has 0 aliphatic carbocycles. The van der Waals surface area contributed by atoms with E-state index >= 15 is 0 Å². The Bertz CT molecular complexity index is 755. The lowest BCUT2D eigenvalue weighted by atomic mass is 10.2. The highest BCUT2D eigenvalue weighted by atomic mass is 16.5. The first-order chi connectivity index (χ1) is 11.6. The molecule has 1 aliphatic heterocycles. The highest BCUT2D eigenvalue weighted by Gasteiger charge is 2.39. The molecule has 1 heterocycles. The minimum absolute atomic E-state index is 0.153. The Hall–Kier alpha value is -2.82. The zero-order valence-electron chi connectivity index (χ0n) is 13.8. The second-order valence-electron chi connectivity index (χ2n) is 5.76. The number of nitrogens with one attached hydrogen (secondary N) is 1. The predicted molar refractivity (Wildman–Crippen MR) is 93.3 cm³/mol. The van der Waals surface area contributed by atoms with Gasteiger partial charge in [0, 0.05) is 5.69 Å². The molecule has 2 amide bonds. The van der Waals surface area contributed by atoms with Gasteiger partial charge in [0.05, 0.1) is 18.7 Å². The Morgan fingerprint density at radius 3 is 2.58 bits per heavy atom. The number of amides is 2. The molecular formula is C19H20N2O3. The third-order valence-corrected chi connectivity index (χ3v) is 3.91. The summed E-state index contributed by atoms with van der Waals surface area (Å²) >= 11 is 0. The third kappa shape index (κ3) is 3.25. The van der Waals surface area contributed by atoms with Gasteiger partial charge in [-0.25, -0.2) is 4.90 Å². The van der Waals surface area contributed by atoms with Crippen LogP contribution in [0.5, 0.6) is 5.75 Å². The van der Waals surface area contributed by atoms with Crippen LogP contribution in [0.1, 0.15) is 18.9 Å². The molecule has 5 nitrogen and oxygen atoms in total. The number of aryl methyl sites for hydroxylation is 1. The molecule has 3 rings (SSSR count). The number of benzene rings is 2. The van der Waals surface area contributed by atoms with E-state index in [1.165, 1.54) is 4.90 Å². The highest BCUT2D eigenvalue weighted by Crippen LogP contribution is 2.26. The minimum atomic E-state index is -0.545. The van der Waals surface area contributed by atoms with Crippen LogP contribution in [0.25, 0.3) is 0 Å². The van der Waals surface area contributed by atoms with Crippen molar-refractivity contribution in [1.82, 2.24) is 0 Å². The number of anilines is 2. The van der Waals surface area contributed by atoms with Gasteiger partial charge in [-0.2, -0.15) is 0 Å². The molecule has 2 aromatic carbocycles. The van der Waals surface area contributed by atoms with Gasteiger partial charge in [-0.1, -0.05) is 12.1 Å². The fourth-order valence-electron chi connectivity index (χ4n) is 2.80. The zero-order valence-corrected chi connectivity index (χ0v) is 13.8. The quantitative estimate of drug-likeness (QED) is 0.859. The molecule has 1 saturated heterocycles. The fraction of sp³-hybridized carbons (Fsp3) is 0.263. The summed E-state index contributed by atoms with van der Waals surface area (Å²) < 4.78 is 5.40. The average Bonchev–Trinajstić information content (AvgIpc) is 2.83. The molecule has 124 valence electrons. The summed E-state index contributed by atoms with van der Waals surface area (Å²) in [6.07, 6.45) is 0.153. The number of carbonyl (C=O) groups excluding carboxylic acids is 2. The van der Waals surface area contributed by atoms with E-state index in [1.54, 1.807) is 6.07 Å². The maximum Gasteiger partial charge on any atom is 0.256 e. The normalized spacial score (nSPS) is 17.2. The van der Waals surface area contributed by atoms with Crippen LogP contribution in [0.3, 0.4) is 0 Å². The highest BCUT2D eigenvalue weighted by molar-refractivity contribution is 6.23. The molecule has 0 radical (unpaired) electrons. The number of hydrogen-bond acceptors (Lipinski definition) is 4. The Kier molecular flexibility index (Phi) is 4.51. The monoisotopic (exact) mass is 324 g/mol. The molecule has 0 saturated carbocycles. The number of ether oxygens (including phenoxy) is 1. The fourth-order valence-corrected chi connectivity index (χ4v) is 2.80. The van der Waals surface area contributed by atoms with Gasteiger partial charge >= 0.3 is 0 Å². The van der Waals surface area contributed by atoms with Crippen molar-refractivity contribution in [1.29, 1.82) is 0 Å². The van der Waals surface area contributed by atoms with Crippen LogP contribution in [0.15, 0.2) is 48.5 Å². The number of rotatable bonds is 5. The van der Waals surface area contributed by atoms with Crippen molar-refractivity contribution in [2.45, 2.75) is 26.3 Å². The molecular weight excluding hydrogens is 304 g/mol. The molecule has 0 aromatic heterocycles. The van der Waals surface area contributed by atoms with Crippen LogP contribution in [0, 0.1) is 6.92 Å². The standard InChI is InChI=1S/C19H20N2O3/c1-3-24-16-9-7-14(8-10-16)20-17-12-18(22)21(19(17)23)15-6-4-5-13(2)11-15/h4-11,17,20H,3,12H2,1-2H3. The SMILES string of the molecule is CCOc1ccc(NC2CC(=O)N(c3cccc(C)c3)C2=O)cc1. The lowest BCUT2D eigenvalue weighted by molar-refractivity contribution is -0.121. The van der Waals surface area contributed by atoms with E-state index in [0.29, 0.717) is 12.3 Å². The number of nitrogens with zero attached hydrogens (tertiary/aromatic N) is 1. The molecule has 0 spiro atoms. The Morgan fingerprint density at radius 1 is 1.17 bits per heavy atom. The summed E-state index contributed by atoms with van der Waals surface area (Å²) in [6, 6.07) is 14.2. The second kappa shape index (κ2) is 6.74. The lowest BCUT2D eigenvalue weighted by Gasteiger charge is -2.16. The Morgan fingerprint density at radius 2 is 1.92 bits per heavy atom. The van der Waals surface area contributed by atoms with E-state index in [9.17, 15) is 9.59 Å². The molecule has 1 atom stereocenters. The van der Waals surface area contributed by atoms with E-state index in [0.717, 1.165) is 17.0 Å². The molecule has 0 bridgehead atoms.